The number of nitrogens with one attached hydrogen (secondary N) is 1. The Morgan fingerprint density at radius 1 is 1.09 bits per heavy atom. The van der Waals surface area contributed by atoms with Crippen molar-refractivity contribution in [3.05, 3.63) is 58.6 Å². The summed E-state index contributed by atoms with van der Waals surface area (Å²) in [5.74, 6) is -3.25. The van der Waals surface area contributed by atoms with E-state index in [1.165, 1.54) is 4.90 Å². The van der Waals surface area contributed by atoms with Gasteiger partial charge in [-0.05, 0) is 36.8 Å². The summed E-state index contributed by atoms with van der Waals surface area (Å²) >= 11 is 3.62. The van der Waals surface area contributed by atoms with Gasteiger partial charge in [-0.15, -0.1) is 0 Å². The number of fused-ring (bicyclic) bond motifs is 2. The summed E-state index contributed by atoms with van der Waals surface area (Å²) in [5.41, 5.74) is -0.637. The minimum atomic E-state index is -1.39. The number of nitrogens with zero attached hydrogens (tertiary/aromatic N) is 2. The lowest BCUT2D eigenvalue weighted by atomic mass is 9.74. The molecule has 10 nitrogen and oxygen atoms in total. The van der Waals surface area contributed by atoms with Crippen molar-refractivity contribution in [1.29, 1.82) is 0 Å². The number of benzene rings is 1. The maximum absolute atomic E-state index is 14.8. The van der Waals surface area contributed by atoms with Gasteiger partial charge < -0.3 is 29.7 Å². The van der Waals surface area contributed by atoms with Crippen molar-refractivity contribution in [1.82, 2.24) is 15.1 Å². The lowest BCUT2D eigenvalue weighted by Crippen LogP contribution is -2.58. The van der Waals surface area contributed by atoms with E-state index in [2.05, 4.69) is 28.2 Å². The molecular weight excluding hydrogens is 654 g/mol. The largest absolute Gasteiger partial charge is 0.463 e. The van der Waals surface area contributed by atoms with E-state index in [-0.39, 0.29) is 37.4 Å². The van der Waals surface area contributed by atoms with E-state index < -0.39 is 53.5 Å². The number of esters is 1. The number of carbonyl (C=O) groups is 4. The van der Waals surface area contributed by atoms with Crippen LogP contribution >= 0.6 is 15.9 Å². The second-order valence-electron chi connectivity index (χ2n) is 13.2. The van der Waals surface area contributed by atoms with Gasteiger partial charge >= 0.3 is 5.97 Å². The molecule has 11 heteroatoms. The summed E-state index contributed by atoms with van der Waals surface area (Å²) in [6.45, 7) is 6.49. The molecule has 46 heavy (non-hydrogen) atoms. The number of aliphatic hydroxyl groups is 1. The fraction of sp³-hybridized carbons (Fsp3) is 0.600. The number of hydrogen-bond donors (Lipinski definition) is 2. The Bertz CT molecular complexity index is 1350. The number of cyclic esters (lactones) is 1. The summed E-state index contributed by atoms with van der Waals surface area (Å²) < 4.78 is 12.9. The van der Waals surface area contributed by atoms with E-state index >= 15 is 0 Å². The summed E-state index contributed by atoms with van der Waals surface area (Å²) in [6, 6.07) is 6.90. The SMILES string of the molecule is CCCCCN1C/C=C\CCC(=O)OC[C@H](c2ccccc2)NC(=O)[C@H]2[C@@H]3O[C@@]4(C=C3Br)[C@@H]2C(=O)N([C@@H](CO)CC(C)C)[C@@H]4C1=O. The highest BCUT2D eigenvalue weighted by Crippen LogP contribution is 2.59. The van der Waals surface area contributed by atoms with Crippen LogP contribution in [0.5, 0.6) is 0 Å². The fourth-order valence-electron chi connectivity index (χ4n) is 7.41. The van der Waals surface area contributed by atoms with Crippen LogP contribution in [-0.2, 0) is 28.7 Å². The van der Waals surface area contributed by atoms with E-state index in [1.807, 2.05) is 56.3 Å². The van der Waals surface area contributed by atoms with Crippen LogP contribution in [0.3, 0.4) is 0 Å². The molecule has 0 unspecified atom stereocenters. The number of likely N-dealkylation sites (tertiary alicyclic amines) is 1. The molecule has 2 N–H and O–H groups in total. The van der Waals surface area contributed by atoms with Gasteiger partial charge in [0.2, 0.25) is 17.7 Å². The molecule has 1 aromatic carbocycles. The van der Waals surface area contributed by atoms with Gasteiger partial charge in [-0.3, -0.25) is 19.2 Å². The average molecular weight is 701 g/mol. The van der Waals surface area contributed by atoms with Crippen molar-refractivity contribution in [2.24, 2.45) is 17.8 Å². The van der Waals surface area contributed by atoms with Crippen molar-refractivity contribution in [3.63, 3.8) is 0 Å². The molecule has 250 valence electrons. The van der Waals surface area contributed by atoms with Crippen LogP contribution < -0.4 is 5.32 Å². The Kier molecular flexibility index (Phi) is 11.1. The molecule has 5 rings (SSSR count). The third-order valence-corrected chi connectivity index (χ3v) is 10.2. The Morgan fingerprint density at radius 2 is 1.85 bits per heavy atom. The zero-order valence-corrected chi connectivity index (χ0v) is 28.5. The number of unbranched alkanes of at least 4 members (excludes halogenated alkanes) is 2. The summed E-state index contributed by atoms with van der Waals surface area (Å²) in [4.78, 5) is 59.6. The minimum Gasteiger partial charge on any atom is -0.463 e. The average Bonchev–Trinajstić information content (AvgIpc) is 3.63. The summed E-state index contributed by atoms with van der Waals surface area (Å²) in [5, 5.41) is 13.7. The highest BCUT2D eigenvalue weighted by molar-refractivity contribution is 9.11. The first-order valence-electron chi connectivity index (χ1n) is 16.6. The lowest BCUT2D eigenvalue weighted by molar-refractivity contribution is -0.151. The number of carbonyl (C=O) groups excluding carboxylic acids is 4. The highest BCUT2D eigenvalue weighted by Gasteiger charge is 2.75. The predicted octanol–water partition coefficient (Wildman–Crippen LogP) is 4.04. The first-order valence-corrected chi connectivity index (χ1v) is 17.4. The fourth-order valence-corrected chi connectivity index (χ4v) is 8.15. The lowest BCUT2D eigenvalue weighted by Gasteiger charge is -2.39. The van der Waals surface area contributed by atoms with Gasteiger partial charge in [0.25, 0.3) is 0 Å². The monoisotopic (exact) mass is 699 g/mol. The van der Waals surface area contributed by atoms with Gasteiger partial charge in [0.05, 0.1) is 30.5 Å². The van der Waals surface area contributed by atoms with Crippen molar-refractivity contribution < 1.29 is 33.8 Å². The quantitative estimate of drug-likeness (QED) is 0.227. The number of rotatable bonds is 9. The van der Waals surface area contributed by atoms with E-state index in [0.29, 0.717) is 30.4 Å². The molecule has 5 bridgehead atoms. The van der Waals surface area contributed by atoms with Crippen LogP contribution in [0.2, 0.25) is 0 Å². The molecule has 0 radical (unpaired) electrons. The molecule has 2 saturated heterocycles. The van der Waals surface area contributed by atoms with Crippen molar-refractivity contribution in [3.8, 4) is 0 Å². The van der Waals surface area contributed by atoms with Crippen LogP contribution in [0.25, 0.3) is 0 Å². The molecule has 2 fully saturated rings. The van der Waals surface area contributed by atoms with E-state index in [4.69, 9.17) is 9.47 Å². The van der Waals surface area contributed by atoms with Gasteiger partial charge in [0, 0.05) is 24.0 Å². The Hall–Kier alpha value is -3.02. The maximum atomic E-state index is 14.8. The minimum absolute atomic E-state index is 0.0727. The third kappa shape index (κ3) is 6.69. The zero-order valence-electron chi connectivity index (χ0n) is 26.9. The van der Waals surface area contributed by atoms with Crippen LogP contribution in [0.1, 0.15) is 70.9 Å². The van der Waals surface area contributed by atoms with Gasteiger partial charge in [-0.1, -0.05) is 92.0 Å². The van der Waals surface area contributed by atoms with E-state index in [0.717, 1.165) is 24.8 Å². The molecule has 0 aliphatic carbocycles. The van der Waals surface area contributed by atoms with E-state index in [1.54, 1.807) is 11.0 Å². The predicted molar refractivity (Wildman–Crippen MR) is 175 cm³/mol. The van der Waals surface area contributed by atoms with E-state index in [9.17, 15) is 24.3 Å². The second kappa shape index (κ2) is 14.8. The van der Waals surface area contributed by atoms with Crippen LogP contribution in [0, 0.1) is 17.8 Å². The topological polar surface area (TPSA) is 125 Å². The van der Waals surface area contributed by atoms with Crippen LogP contribution in [-0.4, -0.2) is 88.7 Å². The summed E-state index contributed by atoms with van der Waals surface area (Å²) in [6.07, 6.45) is 8.55. The van der Waals surface area contributed by atoms with Crippen LogP contribution in [0.4, 0.5) is 0 Å². The molecule has 1 spiro atoms. The normalized spacial score (nSPS) is 31.5. The standard InChI is InChI=1S/C35H46BrN3O7/c1-4-5-11-16-38-17-12-7-10-15-27(41)45-21-26(23-13-8-6-9-14-23)37-32(42)28-29-33(43)39(24(20-40)18-22(2)3)31(34(38)44)35(29)19-25(36)30(28)46-35/h6-9,12-14,19,22,24,26,28-31,40H,4-5,10-11,15-18,20-21H2,1-3H3,(H,37,42)/b12-7-/t24-,26-,28-,29+,30-,31-,35+/m1/s1. The molecule has 4 aliphatic heterocycles. The smallest absolute Gasteiger partial charge is 0.306 e. The molecule has 3 amide bonds. The molecule has 0 saturated carbocycles. The maximum Gasteiger partial charge on any atom is 0.306 e. The first kappa shape index (κ1) is 34.3. The summed E-state index contributed by atoms with van der Waals surface area (Å²) in [7, 11) is 0. The van der Waals surface area contributed by atoms with Gasteiger partial charge in [-0.2, -0.15) is 0 Å². The second-order valence-corrected chi connectivity index (χ2v) is 14.1. The number of halogens is 1. The molecule has 0 aromatic heterocycles. The Labute approximate surface area is 279 Å². The number of aliphatic hydroxyl groups excluding tert-OH is 1. The van der Waals surface area contributed by atoms with Crippen molar-refractivity contribution >= 4 is 39.6 Å². The zero-order chi connectivity index (χ0) is 33.0. The molecule has 7 atom stereocenters. The molecule has 1 aromatic rings. The molecular formula is C35H46BrN3O7. The number of amides is 3. The van der Waals surface area contributed by atoms with Crippen molar-refractivity contribution in [2.45, 2.75) is 89.1 Å². The number of ether oxygens (including phenoxy) is 2. The Balaban J connectivity index is 1.60. The first-order chi connectivity index (χ1) is 22.1. The molecule has 4 heterocycles. The van der Waals surface area contributed by atoms with Gasteiger partial charge in [-0.25, -0.2) is 0 Å². The van der Waals surface area contributed by atoms with Gasteiger partial charge in [0.15, 0.2) is 0 Å². The highest BCUT2D eigenvalue weighted by atomic mass is 79.9. The third-order valence-electron chi connectivity index (χ3n) is 9.53. The van der Waals surface area contributed by atoms with Gasteiger partial charge in [0.1, 0.15) is 24.4 Å². The Morgan fingerprint density at radius 3 is 2.54 bits per heavy atom. The van der Waals surface area contributed by atoms with Crippen molar-refractivity contribution in [2.75, 3.05) is 26.3 Å². The number of allylic oxidation sites excluding steroid dienone is 1. The van der Waals surface area contributed by atoms with Crippen LogP contribution in [0.15, 0.2) is 53.0 Å². The number of hydrogen-bond acceptors (Lipinski definition) is 7. The molecule has 4 aliphatic rings.